The van der Waals surface area contributed by atoms with Gasteiger partial charge in [0.15, 0.2) is 0 Å². The second-order valence-corrected chi connectivity index (χ2v) is 8.42. The zero-order valence-electron chi connectivity index (χ0n) is 14.6. The van der Waals surface area contributed by atoms with Crippen LogP contribution >= 0.6 is 0 Å². The van der Waals surface area contributed by atoms with Crippen LogP contribution in [-0.2, 0) is 10.0 Å². The largest absolute Gasteiger partial charge is 0.321 e. The van der Waals surface area contributed by atoms with Gasteiger partial charge in [0.2, 0.25) is 10.0 Å². The summed E-state index contributed by atoms with van der Waals surface area (Å²) >= 11 is 0. The Morgan fingerprint density at radius 2 is 1.63 bits per heavy atom. The van der Waals surface area contributed by atoms with Crippen molar-refractivity contribution in [3.05, 3.63) is 66.4 Å². The summed E-state index contributed by atoms with van der Waals surface area (Å²) in [6, 6.07) is 17.3. The zero-order chi connectivity index (χ0) is 18.9. The maximum absolute atomic E-state index is 12.5. The maximum atomic E-state index is 12.5. The standard InChI is InChI=1S/C20H19N3O3S/c24-20(19-12-7-15-5-1-2-6-18(15)22-19)21-16-8-10-17(11-9-16)27(25,26)23-13-3-4-14-23/h1-2,5-12H,3-4,13-14H2,(H,21,24). The first-order valence-corrected chi connectivity index (χ1v) is 10.3. The number of hydrogen-bond donors (Lipinski definition) is 1. The van der Waals surface area contributed by atoms with Crippen molar-refractivity contribution in [3.63, 3.8) is 0 Å². The lowest BCUT2D eigenvalue weighted by atomic mass is 10.2. The van der Waals surface area contributed by atoms with Gasteiger partial charge in [-0.05, 0) is 49.2 Å². The molecule has 1 N–H and O–H groups in total. The monoisotopic (exact) mass is 381 g/mol. The SMILES string of the molecule is O=C(Nc1ccc(S(=O)(=O)N2CCCC2)cc1)c1ccc2ccccc2n1. The van der Waals surface area contributed by atoms with Gasteiger partial charge < -0.3 is 5.32 Å². The average Bonchev–Trinajstić information content (AvgIpc) is 3.24. The molecule has 0 aliphatic carbocycles. The number of pyridine rings is 1. The Kier molecular flexibility index (Phi) is 4.63. The minimum Gasteiger partial charge on any atom is -0.321 e. The van der Waals surface area contributed by atoms with E-state index < -0.39 is 10.0 Å². The van der Waals surface area contributed by atoms with E-state index in [4.69, 9.17) is 0 Å². The van der Waals surface area contributed by atoms with Gasteiger partial charge in [-0.1, -0.05) is 24.3 Å². The Morgan fingerprint density at radius 3 is 2.37 bits per heavy atom. The summed E-state index contributed by atoms with van der Waals surface area (Å²) in [5.74, 6) is -0.337. The highest BCUT2D eigenvalue weighted by atomic mass is 32.2. The Morgan fingerprint density at radius 1 is 0.926 bits per heavy atom. The third kappa shape index (κ3) is 3.56. The molecule has 0 bridgehead atoms. The van der Waals surface area contributed by atoms with Crippen LogP contribution in [0.15, 0.2) is 65.6 Å². The first kappa shape index (κ1) is 17.6. The highest BCUT2D eigenvalue weighted by molar-refractivity contribution is 7.89. The van der Waals surface area contributed by atoms with Crippen molar-refractivity contribution in [1.82, 2.24) is 9.29 Å². The summed E-state index contributed by atoms with van der Waals surface area (Å²) < 4.78 is 26.6. The molecule has 0 saturated carbocycles. The summed E-state index contributed by atoms with van der Waals surface area (Å²) in [7, 11) is -3.45. The molecule has 2 aromatic carbocycles. The fraction of sp³-hybridized carbons (Fsp3) is 0.200. The lowest BCUT2D eigenvalue weighted by Gasteiger charge is -2.15. The van der Waals surface area contributed by atoms with E-state index in [1.807, 2.05) is 30.3 Å². The number of benzene rings is 2. The molecule has 1 aliphatic heterocycles. The molecule has 2 heterocycles. The number of hydrogen-bond acceptors (Lipinski definition) is 4. The second-order valence-electron chi connectivity index (χ2n) is 6.48. The molecule has 0 radical (unpaired) electrons. The van der Waals surface area contributed by atoms with Gasteiger partial charge in [-0.15, -0.1) is 0 Å². The van der Waals surface area contributed by atoms with Crippen LogP contribution in [0, 0.1) is 0 Å². The molecule has 1 amide bonds. The molecule has 27 heavy (non-hydrogen) atoms. The molecule has 1 fully saturated rings. The number of nitrogens with zero attached hydrogens (tertiary/aromatic N) is 2. The van der Waals surface area contributed by atoms with E-state index in [1.54, 1.807) is 18.2 Å². The molecule has 1 aliphatic rings. The van der Waals surface area contributed by atoms with Crippen LogP contribution in [0.2, 0.25) is 0 Å². The smallest absolute Gasteiger partial charge is 0.274 e. The minimum absolute atomic E-state index is 0.242. The summed E-state index contributed by atoms with van der Waals surface area (Å²) in [6.07, 6.45) is 1.79. The number of sulfonamides is 1. The van der Waals surface area contributed by atoms with Crippen molar-refractivity contribution >= 4 is 32.5 Å². The second kappa shape index (κ2) is 7.09. The molecule has 0 atom stereocenters. The van der Waals surface area contributed by atoms with Gasteiger partial charge in [0.05, 0.1) is 10.4 Å². The highest BCUT2D eigenvalue weighted by Gasteiger charge is 2.26. The topological polar surface area (TPSA) is 79.4 Å². The molecule has 4 rings (SSSR count). The third-order valence-corrected chi connectivity index (χ3v) is 6.56. The number of carbonyl (C=O) groups is 1. The highest BCUT2D eigenvalue weighted by Crippen LogP contribution is 2.22. The van der Waals surface area contributed by atoms with Crippen molar-refractivity contribution in [2.75, 3.05) is 18.4 Å². The van der Waals surface area contributed by atoms with E-state index in [0.29, 0.717) is 24.5 Å². The first-order chi connectivity index (χ1) is 13.0. The van der Waals surface area contributed by atoms with E-state index in [1.165, 1.54) is 16.4 Å². The Bertz CT molecular complexity index is 1090. The minimum atomic E-state index is -3.45. The van der Waals surface area contributed by atoms with Crippen LogP contribution in [0.1, 0.15) is 23.3 Å². The van der Waals surface area contributed by atoms with Gasteiger partial charge in [-0.25, -0.2) is 13.4 Å². The number of carbonyl (C=O) groups excluding carboxylic acids is 1. The van der Waals surface area contributed by atoms with E-state index in [2.05, 4.69) is 10.3 Å². The zero-order valence-corrected chi connectivity index (χ0v) is 15.4. The Hall–Kier alpha value is -2.77. The molecular formula is C20H19N3O3S. The van der Waals surface area contributed by atoms with Crippen molar-refractivity contribution in [3.8, 4) is 0 Å². The average molecular weight is 381 g/mol. The van der Waals surface area contributed by atoms with Crippen LogP contribution in [0.3, 0.4) is 0 Å². The van der Waals surface area contributed by atoms with Gasteiger partial charge in [-0.2, -0.15) is 4.31 Å². The van der Waals surface area contributed by atoms with E-state index in [9.17, 15) is 13.2 Å². The normalized spacial score (nSPS) is 15.1. The quantitative estimate of drug-likeness (QED) is 0.752. The van der Waals surface area contributed by atoms with E-state index >= 15 is 0 Å². The van der Waals surface area contributed by atoms with Crippen molar-refractivity contribution in [2.24, 2.45) is 0 Å². The molecule has 0 spiro atoms. The van der Waals surface area contributed by atoms with Gasteiger partial charge in [0.25, 0.3) is 5.91 Å². The first-order valence-electron chi connectivity index (χ1n) is 8.81. The van der Waals surface area contributed by atoms with Crippen molar-refractivity contribution < 1.29 is 13.2 Å². The number of anilines is 1. The molecule has 1 saturated heterocycles. The summed E-state index contributed by atoms with van der Waals surface area (Å²) in [4.78, 5) is 17.1. The number of rotatable bonds is 4. The number of nitrogens with one attached hydrogen (secondary N) is 1. The number of para-hydroxylation sites is 1. The van der Waals surface area contributed by atoms with Crippen LogP contribution in [0.25, 0.3) is 10.9 Å². The summed E-state index contributed by atoms with van der Waals surface area (Å²) in [5.41, 5.74) is 1.58. The van der Waals surface area contributed by atoms with Crippen molar-refractivity contribution in [2.45, 2.75) is 17.7 Å². The summed E-state index contributed by atoms with van der Waals surface area (Å²) in [6.45, 7) is 1.13. The molecule has 0 unspecified atom stereocenters. The van der Waals surface area contributed by atoms with Crippen LogP contribution in [0.5, 0.6) is 0 Å². The molecule has 3 aromatic rings. The molecule has 7 heteroatoms. The molecular weight excluding hydrogens is 362 g/mol. The number of aromatic nitrogens is 1. The lowest BCUT2D eigenvalue weighted by Crippen LogP contribution is -2.27. The molecule has 138 valence electrons. The Labute approximate surface area is 157 Å². The fourth-order valence-electron chi connectivity index (χ4n) is 3.18. The third-order valence-electron chi connectivity index (χ3n) is 4.65. The van der Waals surface area contributed by atoms with Crippen LogP contribution < -0.4 is 5.32 Å². The van der Waals surface area contributed by atoms with E-state index in [0.717, 1.165) is 23.7 Å². The van der Waals surface area contributed by atoms with Crippen LogP contribution in [0.4, 0.5) is 5.69 Å². The number of fused-ring (bicyclic) bond motifs is 1. The predicted octanol–water partition coefficient (Wildman–Crippen LogP) is 3.27. The maximum Gasteiger partial charge on any atom is 0.274 e. The molecule has 6 nitrogen and oxygen atoms in total. The summed E-state index contributed by atoms with van der Waals surface area (Å²) in [5, 5.41) is 3.72. The number of amides is 1. The fourth-order valence-corrected chi connectivity index (χ4v) is 4.69. The van der Waals surface area contributed by atoms with Crippen molar-refractivity contribution in [1.29, 1.82) is 0 Å². The Balaban J connectivity index is 1.51. The molecule has 1 aromatic heterocycles. The predicted molar refractivity (Wildman–Crippen MR) is 104 cm³/mol. The van der Waals surface area contributed by atoms with Gasteiger partial charge in [0.1, 0.15) is 5.69 Å². The lowest BCUT2D eigenvalue weighted by molar-refractivity contribution is 0.102. The van der Waals surface area contributed by atoms with Gasteiger partial charge >= 0.3 is 0 Å². The van der Waals surface area contributed by atoms with Gasteiger partial charge in [-0.3, -0.25) is 4.79 Å². The van der Waals surface area contributed by atoms with Gasteiger partial charge in [0, 0.05) is 24.2 Å². The van der Waals surface area contributed by atoms with E-state index in [-0.39, 0.29) is 10.8 Å². The van der Waals surface area contributed by atoms with Crippen LogP contribution in [-0.4, -0.2) is 36.7 Å².